The Kier molecular flexibility index (Phi) is 4.25. The molecular weight excluding hydrogens is 224 g/mol. The second kappa shape index (κ2) is 5.72. The van der Waals surface area contributed by atoms with Crippen LogP contribution in [0.3, 0.4) is 0 Å². The largest absolute Gasteiger partial charge is 0.507 e. The highest BCUT2D eigenvalue weighted by atomic mass is 16.3. The van der Waals surface area contributed by atoms with Crippen LogP contribution in [0.25, 0.3) is 0 Å². The number of phenolic OH excluding ortho intramolecular Hbond substituents is 1. The monoisotopic (exact) mass is 248 g/mol. The molecule has 1 fully saturated rings. The van der Waals surface area contributed by atoms with Crippen molar-refractivity contribution >= 4 is 0 Å². The predicted molar refractivity (Wildman–Crippen MR) is 74.7 cm³/mol. The molecule has 3 heteroatoms. The minimum atomic E-state index is 0.424. The van der Waals surface area contributed by atoms with Gasteiger partial charge in [0, 0.05) is 19.1 Å². The van der Waals surface area contributed by atoms with Crippen molar-refractivity contribution in [2.75, 3.05) is 13.1 Å². The molecule has 0 saturated carbocycles. The Morgan fingerprint density at radius 3 is 2.56 bits per heavy atom. The van der Waals surface area contributed by atoms with Gasteiger partial charge in [0.1, 0.15) is 5.75 Å². The van der Waals surface area contributed by atoms with Gasteiger partial charge < -0.3 is 10.8 Å². The van der Waals surface area contributed by atoms with Crippen molar-refractivity contribution in [2.45, 2.75) is 45.7 Å². The van der Waals surface area contributed by atoms with Gasteiger partial charge in [0.25, 0.3) is 0 Å². The van der Waals surface area contributed by atoms with Crippen molar-refractivity contribution in [2.24, 2.45) is 5.73 Å². The van der Waals surface area contributed by atoms with E-state index in [1.807, 2.05) is 13.8 Å². The topological polar surface area (TPSA) is 49.5 Å². The van der Waals surface area contributed by atoms with E-state index < -0.39 is 0 Å². The quantitative estimate of drug-likeness (QED) is 0.863. The molecule has 1 aromatic carbocycles. The molecule has 0 radical (unpaired) electrons. The van der Waals surface area contributed by atoms with Crippen LogP contribution < -0.4 is 5.73 Å². The molecule has 0 spiro atoms. The maximum Gasteiger partial charge on any atom is 0.121 e. The summed E-state index contributed by atoms with van der Waals surface area (Å²) in [7, 11) is 0. The van der Waals surface area contributed by atoms with Crippen LogP contribution in [0.1, 0.15) is 36.0 Å². The number of rotatable bonds is 3. The highest BCUT2D eigenvalue weighted by Gasteiger charge is 2.21. The van der Waals surface area contributed by atoms with Crippen molar-refractivity contribution < 1.29 is 5.11 Å². The predicted octanol–water partition coefficient (Wildman–Crippen LogP) is 2.32. The number of piperidine rings is 1. The lowest BCUT2D eigenvalue weighted by atomic mass is 10.00. The number of phenols is 1. The van der Waals surface area contributed by atoms with Crippen LogP contribution in [0.15, 0.2) is 12.1 Å². The molecule has 0 aliphatic carbocycles. The summed E-state index contributed by atoms with van der Waals surface area (Å²) in [6, 6.07) is 4.70. The number of hydrogen-bond acceptors (Lipinski definition) is 3. The molecule has 1 aliphatic heterocycles. The summed E-state index contributed by atoms with van der Waals surface area (Å²) in [6.45, 7) is 6.76. The highest BCUT2D eigenvalue weighted by Crippen LogP contribution is 2.25. The zero-order chi connectivity index (χ0) is 13.1. The number of nitrogens with zero attached hydrogens (tertiary/aromatic N) is 1. The van der Waals surface area contributed by atoms with Gasteiger partial charge in [0.05, 0.1) is 0 Å². The molecule has 3 nitrogen and oxygen atoms in total. The number of likely N-dealkylation sites (tertiary alicyclic amines) is 1. The summed E-state index contributed by atoms with van der Waals surface area (Å²) in [5.74, 6) is 0.424. The van der Waals surface area contributed by atoms with E-state index in [0.29, 0.717) is 11.8 Å². The fourth-order valence-electron chi connectivity index (χ4n) is 2.91. The van der Waals surface area contributed by atoms with Gasteiger partial charge >= 0.3 is 0 Å². The van der Waals surface area contributed by atoms with Gasteiger partial charge in [-0.25, -0.2) is 0 Å². The SMILES string of the molecule is Cc1cc(CN2CCCCC2CN)cc(C)c1O. The fraction of sp³-hybridized carbons (Fsp3) is 0.600. The van der Waals surface area contributed by atoms with Gasteiger partial charge in [-0.05, 0) is 49.9 Å². The zero-order valence-electron chi connectivity index (χ0n) is 11.4. The maximum atomic E-state index is 9.80. The summed E-state index contributed by atoms with van der Waals surface area (Å²) in [5, 5.41) is 9.80. The molecule has 18 heavy (non-hydrogen) atoms. The smallest absolute Gasteiger partial charge is 0.121 e. The van der Waals surface area contributed by atoms with Gasteiger partial charge in [0.15, 0.2) is 0 Å². The zero-order valence-corrected chi connectivity index (χ0v) is 11.4. The van der Waals surface area contributed by atoms with E-state index in [0.717, 1.165) is 30.8 Å². The van der Waals surface area contributed by atoms with Gasteiger partial charge in [-0.2, -0.15) is 0 Å². The Hall–Kier alpha value is -1.06. The van der Waals surface area contributed by atoms with Crippen molar-refractivity contribution in [3.63, 3.8) is 0 Å². The summed E-state index contributed by atoms with van der Waals surface area (Å²) in [4.78, 5) is 2.48. The van der Waals surface area contributed by atoms with Gasteiger partial charge in [-0.1, -0.05) is 18.6 Å². The molecule has 1 heterocycles. The number of aryl methyl sites for hydroxylation is 2. The van der Waals surface area contributed by atoms with E-state index >= 15 is 0 Å². The molecule has 1 unspecified atom stereocenters. The first-order valence-electron chi connectivity index (χ1n) is 6.85. The molecule has 0 amide bonds. The van der Waals surface area contributed by atoms with Crippen LogP contribution >= 0.6 is 0 Å². The molecule has 1 aromatic rings. The second-order valence-corrected chi connectivity index (χ2v) is 5.43. The van der Waals surface area contributed by atoms with Crippen LogP contribution in [-0.4, -0.2) is 29.1 Å². The van der Waals surface area contributed by atoms with E-state index in [9.17, 15) is 5.11 Å². The van der Waals surface area contributed by atoms with E-state index in [4.69, 9.17) is 5.73 Å². The lowest BCUT2D eigenvalue weighted by Gasteiger charge is -2.35. The molecule has 1 atom stereocenters. The third kappa shape index (κ3) is 2.85. The van der Waals surface area contributed by atoms with Crippen LogP contribution in [0, 0.1) is 13.8 Å². The van der Waals surface area contributed by atoms with Gasteiger partial charge in [-0.15, -0.1) is 0 Å². The lowest BCUT2D eigenvalue weighted by molar-refractivity contribution is 0.145. The highest BCUT2D eigenvalue weighted by molar-refractivity contribution is 5.42. The molecular formula is C15H24N2O. The molecule has 1 aliphatic rings. The van der Waals surface area contributed by atoms with Crippen molar-refractivity contribution in [1.82, 2.24) is 4.90 Å². The van der Waals surface area contributed by atoms with Crippen molar-refractivity contribution in [1.29, 1.82) is 0 Å². The molecule has 3 N–H and O–H groups in total. The molecule has 100 valence electrons. The molecule has 1 saturated heterocycles. The molecule has 0 bridgehead atoms. The minimum Gasteiger partial charge on any atom is -0.507 e. The minimum absolute atomic E-state index is 0.424. The third-order valence-electron chi connectivity index (χ3n) is 3.96. The average molecular weight is 248 g/mol. The summed E-state index contributed by atoms with van der Waals surface area (Å²) < 4.78 is 0. The van der Waals surface area contributed by atoms with Gasteiger partial charge in [-0.3, -0.25) is 4.90 Å². The van der Waals surface area contributed by atoms with Gasteiger partial charge in [0.2, 0.25) is 0 Å². The Bertz CT molecular complexity index is 394. The van der Waals surface area contributed by atoms with Crippen molar-refractivity contribution in [3.8, 4) is 5.75 Å². The first kappa shape index (κ1) is 13.4. The first-order valence-corrected chi connectivity index (χ1v) is 6.85. The second-order valence-electron chi connectivity index (χ2n) is 5.43. The van der Waals surface area contributed by atoms with Crippen LogP contribution in [0.5, 0.6) is 5.75 Å². The number of aromatic hydroxyl groups is 1. The van der Waals surface area contributed by atoms with E-state index in [-0.39, 0.29) is 0 Å². The van der Waals surface area contributed by atoms with E-state index in [1.54, 1.807) is 0 Å². The standard InChI is InChI=1S/C15H24N2O/c1-11-7-13(8-12(2)15(11)18)10-17-6-4-3-5-14(17)9-16/h7-8,14,18H,3-6,9-10,16H2,1-2H3. The van der Waals surface area contributed by atoms with E-state index in [2.05, 4.69) is 17.0 Å². The Balaban J connectivity index is 2.13. The third-order valence-corrected chi connectivity index (χ3v) is 3.96. The number of hydrogen-bond donors (Lipinski definition) is 2. The Morgan fingerprint density at radius 1 is 1.28 bits per heavy atom. The number of nitrogens with two attached hydrogens (primary N) is 1. The van der Waals surface area contributed by atoms with Crippen molar-refractivity contribution in [3.05, 3.63) is 28.8 Å². The normalized spacial score (nSPS) is 21.2. The molecule has 0 aromatic heterocycles. The van der Waals surface area contributed by atoms with Crippen LogP contribution in [0.4, 0.5) is 0 Å². The average Bonchev–Trinajstić information content (AvgIpc) is 2.36. The first-order chi connectivity index (χ1) is 8.61. The summed E-state index contributed by atoms with van der Waals surface area (Å²) in [5.41, 5.74) is 9.06. The lowest BCUT2D eigenvalue weighted by Crippen LogP contribution is -2.43. The Labute approximate surface area is 110 Å². The summed E-state index contributed by atoms with van der Waals surface area (Å²) >= 11 is 0. The summed E-state index contributed by atoms with van der Waals surface area (Å²) in [6.07, 6.45) is 3.78. The van der Waals surface area contributed by atoms with Crippen LogP contribution in [-0.2, 0) is 6.54 Å². The molecule has 2 rings (SSSR count). The van der Waals surface area contributed by atoms with Crippen LogP contribution in [0.2, 0.25) is 0 Å². The fourth-order valence-corrected chi connectivity index (χ4v) is 2.91. The number of benzene rings is 1. The Morgan fingerprint density at radius 2 is 1.94 bits per heavy atom. The van der Waals surface area contributed by atoms with E-state index in [1.165, 1.54) is 24.8 Å². The maximum absolute atomic E-state index is 9.80.